The van der Waals surface area contributed by atoms with Crippen LogP contribution in [0, 0.1) is 17.3 Å². The van der Waals surface area contributed by atoms with Crippen LogP contribution in [0.3, 0.4) is 0 Å². The molecular weight excluding hydrogens is 416 g/mol. The van der Waals surface area contributed by atoms with Gasteiger partial charge in [0.15, 0.2) is 0 Å². The highest BCUT2D eigenvalue weighted by atomic mass is 35.5. The third kappa shape index (κ3) is 4.22. The number of carbonyl (C=O) groups excluding carboxylic acids is 2. The normalized spacial score (nSPS) is 34.8. The Morgan fingerprint density at radius 1 is 1.13 bits per heavy atom. The summed E-state index contributed by atoms with van der Waals surface area (Å²) in [5, 5.41) is 24.9. The van der Waals surface area contributed by atoms with Gasteiger partial charge in [-0.25, -0.2) is 0 Å². The first-order valence-electron chi connectivity index (χ1n) is 11.4. The third-order valence-corrected chi connectivity index (χ3v) is 8.03. The van der Waals surface area contributed by atoms with E-state index >= 15 is 0 Å². The van der Waals surface area contributed by atoms with Crippen molar-refractivity contribution in [3.63, 3.8) is 0 Å². The molecule has 5 atom stereocenters. The van der Waals surface area contributed by atoms with Crippen molar-refractivity contribution in [2.24, 2.45) is 17.3 Å². The Bertz CT molecular complexity index is 842. The molecule has 170 valence electrons. The molecule has 3 aliphatic rings. The minimum absolute atomic E-state index is 0.0323. The summed E-state index contributed by atoms with van der Waals surface area (Å²) in [5.41, 5.74) is -0.746. The minimum Gasteiger partial charge on any atom is -0.393 e. The summed E-state index contributed by atoms with van der Waals surface area (Å²) in [6.45, 7) is 4.92. The number of nitrogens with zero attached hydrogens (tertiary/aromatic N) is 1. The van der Waals surface area contributed by atoms with E-state index in [1.54, 1.807) is 12.1 Å². The standard InChI is InChI=1S/C24H33ClN2O4/c1-23(2)14-27(12-11-24(23,31)16-4-6-17(25)7-5-16)22(30)19-9-10-20(19)26-21(29)15-3-8-18(28)13-15/h4-7,15,18-20,28,31H,3,8-14H2,1-2H3,(H,26,29)/t15-,18-,19?,20?,24+/m1/s1. The fraction of sp³-hybridized carbons (Fsp3) is 0.667. The van der Waals surface area contributed by atoms with Crippen LogP contribution < -0.4 is 5.32 Å². The van der Waals surface area contributed by atoms with E-state index < -0.39 is 11.0 Å². The molecule has 0 spiro atoms. The maximum absolute atomic E-state index is 13.3. The Kier molecular flexibility index (Phi) is 6.10. The van der Waals surface area contributed by atoms with Crippen LogP contribution in [0.4, 0.5) is 0 Å². The molecule has 6 nitrogen and oxygen atoms in total. The minimum atomic E-state index is -1.04. The lowest BCUT2D eigenvalue weighted by molar-refractivity contribution is -0.160. The third-order valence-electron chi connectivity index (χ3n) is 7.78. The molecule has 1 saturated heterocycles. The molecule has 2 amide bonds. The summed E-state index contributed by atoms with van der Waals surface area (Å²) in [4.78, 5) is 27.6. The highest BCUT2D eigenvalue weighted by Gasteiger charge is 2.51. The number of hydrogen-bond donors (Lipinski definition) is 3. The van der Waals surface area contributed by atoms with E-state index in [0.29, 0.717) is 43.8 Å². The average molecular weight is 449 g/mol. The first-order chi connectivity index (χ1) is 14.6. The van der Waals surface area contributed by atoms with E-state index in [9.17, 15) is 19.8 Å². The molecule has 0 aromatic heterocycles. The second-order valence-corrected chi connectivity index (χ2v) is 10.7. The molecule has 2 unspecified atom stereocenters. The fourth-order valence-corrected chi connectivity index (χ4v) is 5.60. The Labute approximate surface area is 189 Å². The predicted octanol–water partition coefficient (Wildman–Crippen LogP) is 2.84. The number of aliphatic hydroxyl groups excluding tert-OH is 1. The zero-order valence-corrected chi connectivity index (χ0v) is 19.1. The molecule has 1 aliphatic heterocycles. The Morgan fingerprint density at radius 2 is 1.84 bits per heavy atom. The summed E-state index contributed by atoms with van der Waals surface area (Å²) < 4.78 is 0. The molecular formula is C24H33ClN2O4. The van der Waals surface area contributed by atoms with Crippen LogP contribution in [0.25, 0.3) is 0 Å². The van der Waals surface area contributed by atoms with Gasteiger partial charge in [0, 0.05) is 35.5 Å². The van der Waals surface area contributed by atoms with Crippen molar-refractivity contribution in [3.8, 4) is 0 Å². The van der Waals surface area contributed by atoms with Gasteiger partial charge in [-0.05, 0) is 56.2 Å². The van der Waals surface area contributed by atoms with E-state index in [4.69, 9.17) is 11.6 Å². The summed E-state index contributed by atoms with van der Waals surface area (Å²) in [6.07, 6.45) is 3.55. The zero-order valence-electron chi connectivity index (χ0n) is 18.3. The second kappa shape index (κ2) is 8.38. The molecule has 0 radical (unpaired) electrons. The van der Waals surface area contributed by atoms with Gasteiger partial charge in [0.1, 0.15) is 0 Å². The fourth-order valence-electron chi connectivity index (χ4n) is 5.47. The van der Waals surface area contributed by atoms with Crippen molar-refractivity contribution in [3.05, 3.63) is 34.9 Å². The van der Waals surface area contributed by atoms with Gasteiger partial charge in [0.2, 0.25) is 11.8 Å². The van der Waals surface area contributed by atoms with Crippen LogP contribution in [-0.4, -0.2) is 52.2 Å². The average Bonchev–Trinajstić information content (AvgIpc) is 3.14. The van der Waals surface area contributed by atoms with Gasteiger partial charge in [0.25, 0.3) is 0 Å². The number of nitrogens with one attached hydrogen (secondary N) is 1. The molecule has 1 heterocycles. The van der Waals surface area contributed by atoms with Gasteiger partial charge in [0.05, 0.1) is 17.6 Å². The molecule has 3 fully saturated rings. The van der Waals surface area contributed by atoms with Crippen molar-refractivity contribution < 1.29 is 19.8 Å². The SMILES string of the molecule is CC1(C)CN(C(=O)C2CCC2NC(=O)[C@@H]2CC[C@@H](O)C2)CC[C@]1(O)c1ccc(Cl)cc1. The molecule has 0 bridgehead atoms. The van der Waals surface area contributed by atoms with Gasteiger partial charge in [-0.3, -0.25) is 9.59 Å². The van der Waals surface area contributed by atoms with Gasteiger partial charge < -0.3 is 20.4 Å². The number of hydrogen-bond acceptors (Lipinski definition) is 4. The Hall–Kier alpha value is -1.63. The molecule has 31 heavy (non-hydrogen) atoms. The number of likely N-dealkylation sites (tertiary alicyclic amines) is 1. The molecule has 3 N–H and O–H groups in total. The van der Waals surface area contributed by atoms with Crippen molar-refractivity contribution in [1.29, 1.82) is 0 Å². The molecule has 2 saturated carbocycles. The lowest BCUT2D eigenvalue weighted by Crippen LogP contribution is -2.60. The van der Waals surface area contributed by atoms with Gasteiger partial charge in [-0.1, -0.05) is 37.6 Å². The summed E-state index contributed by atoms with van der Waals surface area (Å²) in [5.74, 6) is -0.313. The maximum Gasteiger partial charge on any atom is 0.227 e. The van der Waals surface area contributed by atoms with Gasteiger partial charge in [-0.15, -0.1) is 0 Å². The second-order valence-electron chi connectivity index (χ2n) is 10.2. The summed E-state index contributed by atoms with van der Waals surface area (Å²) in [6, 6.07) is 7.16. The summed E-state index contributed by atoms with van der Waals surface area (Å²) in [7, 11) is 0. The number of amides is 2. The lowest BCUT2D eigenvalue weighted by Gasteiger charge is -2.52. The molecule has 4 rings (SSSR count). The van der Waals surface area contributed by atoms with E-state index in [0.717, 1.165) is 18.4 Å². The molecule has 1 aromatic carbocycles. The molecule has 1 aromatic rings. The summed E-state index contributed by atoms with van der Waals surface area (Å²) >= 11 is 6.01. The smallest absolute Gasteiger partial charge is 0.227 e. The van der Waals surface area contributed by atoms with Crippen molar-refractivity contribution in [1.82, 2.24) is 10.2 Å². The van der Waals surface area contributed by atoms with Crippen molar-refractivity contribution in [2.75, 3.05) is 13.1 Å². The number of carbonyl (C=O) groups is 2. The van der Waals surface area contributed by atoms with E-state index in [-0.39, 0.29) is 35.8 Å². The predicted molar refractivity (Wildman–Crippen MR) is 118 cm³/mol. The van der Waals surface area contributed by atoms with Gasteiger partial charge >= 0.3 is 0 Å². The number of rotatable bonds is 4. The highest BCUT2D eigenvalue weighted by Crippen LogP contribution is 2.47. The number of benzene rings is 1. The number of piperidine rings is 1. The highest BCUT2D eigenvalue weighted by molar-refractivity contribution is 6.30. The van der Waals surface area contributed by atoms with Crippen LogP contribution >= 0.6 is 11.6 Å². The quantitative estimate of drug-likeness (QED) is 0.660. The van der Waals surface area contributed by atoms with Gasteiger partial charge in [-0.2, -0.15) is 0 Å². The first kappa shape index (κ1) is 22.6. The van der Waals surface area contributed by atoms with Crippen LogP contribution in [0.15, 0.2) is 24.3 Å². The van der Waals surface area contributed by atoms with E-state index in [2.05, 4.69) is 5.32 Å². The number of halogens is 1. The van der Waals surface area contributed by atoms with Crippen LogP contribution in [0.5, 0.6) is 0 Å². The largest absolute Gasteiger partial charge is 0.393 e. The monoisotopic (exact) mass is 448 g/mol. The van der Waals surface area contributed by atoms with E-state index in [1.807, 2.05) is 30.9 Å². The van der Waals surface area contributed by atoms with Crippen LogP contribution in [0.1, 0.15) is 57.9 Å². The molecule has 7 heteroatoms. The van der Waals surface area contributed by atoms with E-state index in [1.165, 1.54) is 0 Å². The molecule has 2 aliphatic carbocycles. The Morgan fingerprint density at radius 3 is 2.39 bits per heavy atom. The van der Waals surface area contributed by atoms with Crippen LogP contribution in [0.2, 0.25) is 5.02 Å². The topological polar surface area (TPSA) is 89.9 Å². The first-order valence-corrected chi connectivity index (χ1v) is 11.7. The lowest BCUT2D eigenvalue weighted by atomic mass is 9.66. The van der Waals surface area contributed by atoms with Crippen LogP contribution in [-0.2, 0) is 15.2 Å². The zero-order chi connectivity index (χ0) is 22.4. The number of aliphatic hydroxyl groups is 2. The Balaban J connectivity index is 1.39. The van der Waals surface area contributed by atoms with Crippen molar-refractivity contribution in [2.45, 2.75) is 70.1 Å². The maximum atomic E-state index is 13.3. The van der Waals surface area contributed by atoms with Crippen molar-refractivity contribution >= 4 is 23.4 Å².